The smallest absolute Gasteiger partial charge is 0.257 e. The molecule has 0 aliphatic carbocycles. The zero-order valence-electron chi connectivity index (χ0n) is 16.0. The zero-order chi connectivity index (χ0) is 20.2. The molecule has 1 amide bonds. The van der Waals surface area contributed by atoms with Crippen LogP contribution in [0.1, 0.15) is 16.1 Å². The minimum Gasteiger partial charge on any atom is -0.496 e. The van der Waals surface area contributed by atoms with Gasteiger partial charge in [0.05, 0.1) is 12.7 Å². The Bertz CT molecular complexity index is 1050. The highest BCUT2D eigenvalue weighted by Gasteiger charge is 2.28. The highest BCUT2D eigenvalue weighted by Crippen LogP contribution is 2.29. The van der Waals surface area contributed by atoms with Crippen LogP contribution in [-0.4, -0.2) is 49.1 Å². The van der Waals surface area contributed by atoms with E-state index >= 15 is 0 Å². The highest BCUT2D eigenvalue weighted by molar-refractivity contribution is 5.97. The van der Waals surface area contributed by atoms with Crippen LogP contribution in [0, 0.1) is 11.3 Å². The fourth-order valence-electron chi connectivity index (χ4n) is 3.41. The number of hydrogen-bond donors (Lipinski definition) is 0. The molecule has 0 atom stereocenters. The van der Waals surface area contributed by atoms with Gasteiger partial charge in [-0.1, -0.05) is 30.3 Å². The van der Waals surface area contributed by atoms with E-state index in [1.165, 1.54) is 0 Å². The van der Waals surface area contributed by atoms with E-state index < -0.39 is 0 Å². The summed E-state index contributed by atoms with van der Waals surface area (Å²) in [5.41, 5.74) is 1.63. The topological polar surface area (TPSA) is 82.6 Å². The molecule has 7 heteroatoms. The van der Waals surface area contributed by atoms with E-state index in [4.69, 9.17) is 9.15 Å². The molecule has 0 saturated carbocycles. The SMILES string of the molecule is COc1ccccc1C(=O)N1CCN(c2oc(-c3ccccc3)nc2C#N)CC1. The normalized spacial score (nSPS) is 13.8. The first-order valence-electron chi connectivity index (χ1n) is 9.35. The molecule has 1 aromatic heterocycles. The molecule has 7 nitrogen and oxygen atoms in total. The Balaban J connectivity index is 1.49. The summed E-state index contributed by atoms with van der Waals surface area (Å²) < 4.78 is 11.2. The highest BCUT2D eigenvalue weighted by atomic mass is 16.5. The molecule has 1 aliphatic heterocycles. The fraction of sp³-hybridized carbons (Fsp3) is 0.227. The summed E-state index contributed by atoms with van der Waals surface area (Å²) in [5.74, 6) is 1.38. The van der Waals surface area contributed by atoms with Crippen molar-refractivity contribution in [3.8, 4) is 23.3 Å². The minimum atomic E-state index is -0.0647. The predicted molar refractivity (Wildman–Crippen MR) is 108 cm³/mol. The summed E-state index contributed by atoms with van der Waals surface area (Å²) in [4.78, 5) is 21.0. The Morgan fingerprint density at radius 3 is 2.45 bits per heavy atom. The van der Waals surface area contributed by atoms with Crippen LogP contribution in [0.5, 0.6) is 5.75 Å². The van der Waals surface area contributed by atoms with Gasteiger partial charge in [0.15, 0.2) is 0 Å². The standard InChI is InChI=1S/C22H20N4O3/c1-28-19-10-6-5-9-17(19)21(27)25-11-13-26(14-12-25)22-18(15-23)24-20(29-22)16-7-3-2-4-8-16/h2-10H,11-14H2,1H3. The molecule has 4 rings (SSSR count). The molecule has 0 bridgehead atoms. The van der Waals surface area contributed by atoms with Gasteiger partial charge in [0.25, 0.3) is 5.91 Å². The van der Waals surface area contributed by atoms with Gasteiger partial charge in [-0.25, -0.2) is 0 Å². The predicted octanol–water partition coefficient (Wildman–Crippen LogP) is 3.18. The number of oxazole rings is 1. The van der Waals surface area contributed by atoms with Gasteiger partial charge in [0.1, 0.15) is 11.8 Å². The van der Waals surface area contributed by atoms with Crippen LogP contribution in [0.15, 0.2) is 59.0 Å². The van der Waals surface area contributed by atoms with Crippen LogP contribution >= 0.6 is 0 Å². The molecule has 0 spiro atoms. The van der Waals surface area contributed by atoms with E-state index in [-0.39, 0.29) is 11.6 Å². The Kier molecular flexibility index (Phi) is 5.16. The molecule has 0 radical (unpaired) electrons. The Hall–Kier alpha value is -3.79. The third kappa shape index (κ3) is 3.65. The first-order valence-corrected chi connectivity index (χ1v) is 9.35. The van der Waals surface area contributed by atoms with Crippen LogP contribution in [0.2, 0.25) is 0 Å². The number of anilines is 1. The van der Waals surface area contributed by atoms with Crippen molar-refractivity contribution in [3.63, 3.8) is 0 Å². The Morgan fingerprint density at radius 1 is 1.07 bits per heavy atom. The molecule has 1 fully saturated rings. The first kappa shape index (κ1) is 18.6. The van der Waals surface area contributed by atoms with Crippen molar-refractivity contribution in [1.82, 2.24) is 9.88 Å². The summed E-state index contributed by atoms with van der Waals surface area (Å²) in [5, 5.41) is 9.48. The number of benzene rings is 2. The number of para-hydroxylation sites is 1. The molecule has 146 valence electrons. The maximum atomic E-state index is 12.9. The summed E-state index contributed by atoms with van der Waals surface area (Å²) in [6.07, 6.45) is 0. The Morgan fingerprint density at radius 2 is 1.76 bits per heavy atom. The third-order valence-corrected chi connectivity index (χ3v) is 4.93. The first-order chi connectivity index (χ1) is 14.2. The molecular weight excluding hydrogens is 368 g/mol. The number of amides is 1. The van der Waals surface area contributed by atoms with Gasteiger partial charge in [-0.3, -0.25) is 4.79 Å². The van der Waals surface area contributed by atoms with E-state index in [2.05, 4.69) is 11.1 Å². The number of piperazine rings is 1. The van der Waals surface area contributed by atoms with Gasteiger partial charge in [0.2, 0.25) is 17.5 Å². The average molecular weight is 388 g/mol. The molecule has 2 heterocycles. The molecule has 0 N–H and O–H groups in total. The molecular formula is C22H20N4O3. The van der Waals surface area contributed by atoms with Gasteiger partial charge in [-0.2, -0.15) is 10.2 Å². The number of rotatable bonds is 4. The summed E-state index contributed by atoms with van der Waals surface area (Å²) in [6, 6.07) is 18.8. The lowest BCUT2D eigenvalue weighted by molar-refractivity contribution is 0.0742. The lowest BCUT2D eigenvalue weighted by atomic mass is 10.1. The number of nitriles is 1. The lowest BCUT2D eigenvalue weighted by Gasteiger charge is -2.34. The average Bonchev–Trinajstić information content (AvgIpc) is 3.24. The van der Waals surface area contributed by atoms with Crippen LogP contribution in [0.25, 0.3) is 11.5 Å². The summed E-state index contributed by atoms with van der Waals surface area (Å²) in [7, 11) is 1.56. The maximum absolute atomic E-state index is 12.9. The van der Waals surface area contributed by atoms with Crippen molar-refractivity contribution in [2.24, 2.45) is 0 Å². The van der Waals surface area contributed by atoms with E-state index in [9.17, 15) is 10.1 Å². The van der Waals surface area contributed by atoms with Crippen LogP contribution in [-0.2, 0) is 0 Å². The van der Waals surface area contributed by atoms with Gasteiger partial charge in [-0.05, 0) is 24.3 Å². The summed E-state index contributed by atoms with van der Waals surface area (Å²) in [6.45, 7) is 2.14. The minimum absolute atomic E-state index is 0.0647. The molecule has 2 aromatic carbocycles. The second kappa shape index (κ2) is 8.07. The quantitative estimate of drug-likeness (QED) is 0.683. The monoisotopic (exact) mass is 388 g/mol. The van der Waals surface area contributed by atoms with Crippen molar-refractivity contribution in [1.29, 1.82) is 5.26 Å². The van der Waals surface area contributed by atoms with Crippen molar-refractivity contribution in [2.75, 3.05) is 38.2 Å². The second-order valence-corrected chi connectivity index (χ2v) is 6.63. The van der Waals surface area contributed by atoms with Crippen LogP contribution in [0.4, 0.5) is 5.88 Å². The fourth-order valence-corrected chi connectivity index (χ4v) is 3.41. The largest absolute Gasteiger partial charge is 0.496 e. The Labute approximate surface area is 168 Å². The van der Waals surface area contributed by atoms with Crippen LogP contribution < -0.4 is 9.64 Å². The number of carbonyl (C=O) groups excluding carboxylic acids is 1. The summed E-state index contributed by atoms with van der Waals surface area (Å²) >= 11 is 0. The van der Waals surface area contributed by atoms with E-state index in [1.54, 1.807) is 24.1 Å². The van der Waals surface area contributed by atoms with E-state index in [1.807, 2.05) is 47.4 Å². The van der Waals surface area contributed by atoms with Crippen molar-refractivity contribution in [3.05, 3.63) is 65.9 Å². The van der Waals surface area contributed by atoms with Crippen molar-refractivity contribution < 1.29 is 13.9 Å². The van der Waals surface area contributed by atoms with Crippen molar-refractivity contribution >= 4 is 11.8 Å². The molecule has 1 aliphatic rings. The number of ether oxygens (including phenoxy) is 1. The maximum Gasteiger partial charge on any atom is 0.257 e. The number of hydrogen-bond acceptors (Lipinski definition) is 6. The van der Waals surface area contributed by atoms with Gasteiger partial charge in [-0.15, -0.1) is 0 Å². The molecule has 0 unspecified atom stereocenters. The number of carbonyl (C=O) groups is 1. The molecule has 1 saturated heterocycles. The number of nitrogens with zero attached hydrogens (tertiary/aromatic N) is 4. The van der Waals surface area contributed by atoms with Gasteiger partial charge < -0.3 is 19.0 Å². The van der Waals surface area contributed by atoms with Gasteiger partial charge >= 0.3 is 0 Å². The molecule has 29 heavy (non-hydrogen) atoms. The van der Waals surface area contributed by atoms with Crippen LogP contribution in [0.3, 0.4) is 0 Å². The van der Waals surface area contributed by atoms with Crippen molar-refractivity contribution in [2.45, 2.75) is 0 Å². The number of aromatic nitrogens is 1. The van der Waals surface area contributed by atoms with Gasteiger partial charge in [0, 0.05) is 31.7 Å². The second-order valence-electron chi connectivity index (χ2n) is 6.63. The third-order valence-electron chi connectivity index (χ3n) is 4.93. The zero-order valence-corrected chi connectivity index (χ0v) is 16.0. The van der Waals surface area contributed by atoms with E-state index in [0.29, 0.717) is 49.3 Å². The number of methoxy groups -OCH3 is 1. The van der Waals surface area contributed by atoms with E-state index in [0.717, 1.165) is 5.56 Å². The molecule has 3 aromatic rings. The lowest BCUT2D eigenvalue weighted by Crippen LogP contribution is -2.49.